The molecule has 2 saturated carbocycles. The van der Waals surface area contributed by atoms with Crippen molar-refractivity contribution in [2.45, 2.75) is 70.3 Å². The highest BCUT2D eigenvalue weighted by molar-refractivity contribution is 5.05. The zero-order valence-corrected chi connectivity index (χ0v) is 13.8. The molecule has 2 N–H and O–H groups in total. The van der Waals surface area contributed by atoms with Crippen LogP contribution < -0.4 is 5.73 Å². The minimum absolute atomic E-state index is 0.480. The first kappa shape index (κ1) is 16.1. The fourth-order valence-electron chi connectivity index (χ4n) is 4.49. The minimum atomic E-state index is 0.480. The van der Waals surface area contributed by atoms with Crippen molar-refractivity contribution in [1.82, 2.24) is 0 Å². The lowest BCUT2D eigenvalue weighted by atomic mass is 9.62. The van der Waals surface area contributed by atoms with E-state index in [2.05, 4.69) is 6.07 Å². The van der Waals surface area contributed by atoms with Crippen LogP contribution in [0.25, 0.3) is 0 Å². The van der Waals surface area contributed by atoms with Crippen LogP contribution in [0.1, 0.15) is 63.4 Å². The lowest BCUT2D eigenvalue weighted by Crippen LogP contribution is -2.35. The second kappa shape index (κ2) is 7.65. The molecule has 124 valence electrons. The van der Waals surface area contributed by atoms with Gasteiger partial charge in [-0.2, -0.15) is 0 Å². The second-order valence-electron chi connectivity index (χ2n) is 7.47. The molecule has 0 amide bonds. The highest BCUT2D eigenvalue weighted by Gasteiger charge is 2.38. The zero-order chi connectivity index (χ0) is 15.3. The van der Waals surface area contributed by atoms with Gasteiger partial charge in [0.2, 0.25) is 0 Å². The van der Waals surface area contributed by atoms with Gasteiger partial charge >= 0.3 is 0 Å². The highest BCUT2D eigenvalue weighted by Crippen LogP contribution is 2.49. The van der Waals surface area contributed by atoms with Crippen LogP contribution in [0.4, 0.5) is 0 Å². The fraction of sp³-hybridized carbons (Fsp3) is 0.789. The Balaban J connectivity index is 1.38. The summed E-state index contributed by atoms with van der Waals surface area (Å²) < 4.78 is 11.0. The van der Waals surface area contributed by atoms with Crippen LogP contribution in [0.15, 0.2) is 23.0 Å². The molecule has 2 fully saturated rings. The first-order chi connectivity index (χ1) is 10.8. The Kier molecular flexibility index (Phi) is 5.59. The van der Waals surface area contributed by atoms with Crippen LogP contribution in [0, 0.1) is 11.3 Å². The molecule has 1 heterocycles. The predicted octanol–water partition coefficient (Wildman–Crippen LogP) is 4.31. The topological polar surface area (TPSA) is 48.4 Å². The molecule has 1 spiro atoms. The molecule has 0 atom stereocenters. The van der Waals surface area contributed by atoms with E-state index in [1.54, 1.807) is 6.26 Å². The molecule has 0 unspecified atom stereocenters. The SMILES string of the molecule is NCCOC1CCC2(CCC(CCc3ccoc3)CC2)CC1. The number of hydrogen-bond donors (Lipinski definition) is 1. The molecule has 3 nitrogen and oxygen atoms in total. The summed E-state index contributed by atoms with van der Waals surface area (Å²) in [6.07, 6.45) is 17.6. The van der Waals surface area contributed by atoms with Gasteiger partial charge in [0.1, 0.15) is 0 Å². The Morgan fingerprint density at radius 3 is 2.50 bits per heavy atom. The van der Waals surface area contributed by atoms with Crippen molar-refractivity contribution < 1.29 is 9.15 Å². The average molecular weight is 305 g/mol. The van der Waals surface area contributed by atoms with E-state index in [1.165, 1.54) is 69.8 Å². The smallest absolute Gasteiger partial charge is 0.0934 e. The van der Waals surface area contributed by atoms with Gasteiger partial charge < -0.3 is 14.9 Å². The molecule has 3 heteroatoms. The van der Waals surface area contributed by atoms with Crippen molar-refractivity contribution >= 4 is 0 Å². The molecule has 0 bridgehead atoms. The maximum Gasteiger partial charge on any atom is 0.0934 e. The minimum Gasteiger partial charge on any atom is -0.472 e. The maximum atomic E-state index is 5.83. The first-order valence-corrected chi connectivity index (χ1v) is 9.12. The Morgan fingerprint density at radius 2 is 1.86 bits per heavy atom. The Bertz CT molecular complexity index is 411. The largest absolute Gasteiger partial charge is 0.472 e. The van der Waals surface area contributed by atoms with E-state index in [0.717, 1.165) is 12.5 Å². The third kappa shape index (κ3) is 4.14. The molecule has 22 heavy (non-hydrogen) atoms. The molecular weight excluding hydrogens is 274 g/mol. The van der Waals surface area contributed by atoms with Gasteiger partial charge in [-0.15, -0.1) is 0 Å². The van der Waals surface area contributed by atoms with Crippen molar-refractivity contribution in [1.29, 1.82) is 0 Å². The van der Waals surface area contributed by atoms with E-state index < -0.39 is 0 Å². The molecule has 0 saturated heterocycles. The Morgan fingerprint density at radius 1 is 1.14 bits per heavy atom. The van der Waals surface area contributed by atoms with Crippen molar-refractivity contribution in [3.63, 3.8) is 0 Å². The van der Waals surface area contributed by atoms with E-state index in [0.29, 0.717) is 18.1 Å². The lowest BCUT2D eigenvalue weighted by Gasteiger charge is -2.45. The Labute approximate surface area is 134 Å². The lowest BCUT2D eigenvalue weighted by molar-refractivity contribution is -0.0161. The van der Waals surface area contributed by atoms with E-state index in [1.807, 2.05) is 6.26 Å². The van der Waals surface area contributed by atoms with Crippen molar-refractivity contribution in [3.05, 3.63) is 24.2 Å². The number of furan rings is 1. The molecular formula is C19H31NO2. The molecule has 0 aromatic carbocycles. The summed E-state index contributed by atoms with van der Waals surface area (Å²) in [5, 5.41) is 0. The summed E-state index contributed by atoms with van der Waals surface area (Å²) in [6, 6.07) is 2.10. The summed E-state index contributed by atoms with van der Waals surface area (Å²) in [6.45, 7) is 1.38. The van der Waals surface area contributed by atoms with Crippen molar-refractivity contribution in [2.24, 2.45) is 17.1 Å². The van der Waals surface area contributed by atoms with Gasteiger partial charge in [0, 0.05) is 6.54 Å². The van der Waals surface area contributed by atoms with Gasteiger partial charge in [0.15, 0.2) is 0 Å². The van der Waals surface area contributed by atoms with E-state index >= 15 is 0 Å². The molecule has 3 rings (SSSR count). The molecule has 0 aliphatic heterocycles. The van der Waals surface area contributed by atoms with Gasteiger partial charge in [-0.05, 0) is 87.2 Å². The standard InChI is InChI=1S/C19H31NO2/c20-12-14-22-18-5-10-19(11-6-18)8-3-16(4-9-19)1-2-17-7-13-21-15-17/h7,13,15-16,18H,1-6,8-12,14,20H2. The first-order valence-electron chi connectivity index (χ1n) is 9.12. The normalized spacial score (nSPS) is 32.4. The summed E-state index contributed by atoms with van der Waals surface area (Å²) >= 11 is 0. The predicted molar refractivity (Wildman–Crippen MR) is 88.7 cm³/mol. The third-order valence-electron chi connectivity index (χ3n) is 6.05. The molecule has 1 aromatic rings. The number of nitrogens with two attached hydrogens (primary N) is 1. The van der Waals surface area contributed by atoms with Crippen LogP contribution >= 0.6 is 0 Å². The van der Waals surface area contributed by atoms with Gasteiger partial charge in [0.05, 0.1) is 25.2 Å². The van der Waals surface area contributed by atoms with E-state index in [-0.39, 0.29) is 0 Å². The average Bonchev–Trinajstić information content (AvgIpc) is 3.08. The number of hydrogen-bond acceptors (Lipinski definition) is 3. The number of rotatable bonds is 6. The zero-order valence-electron chi connectivity index (χ0n) is 13.8. The van der Waals surface area contributed by atoms with E-state index in [9.17, 15) is 0 Å². The number of aryl methyl sites for hydroxylation is 1. The summed E-state index contributed by atoms with van der Waals surface area (Å²) in [5.41, 5.74) is 7.54. The third-order valence-corrected chi connectivity index (χ3v) is 6.05. The monoisotopic (exact) mass is 305 g/mol. The molecule has 1 aromatic heterocycles. The summed E-state index contributed by atoms with van der Waals surface area (Å²) in [5.74, 6) is 0.923. The second-order valence-corrected chi connectivity index (χ2v) is 7.47. The van der Waals surface area contributed by atoms with Gasteiger partial charge in [-0.25, -0.2) is 0 Å². The highest BCUT2D eigenvalue weighted by atomic mass is 16.5. The number of ether oxygens (including phenoxy) is 1. The molecule has 2 aliphatic carbocycles. The summed E-state index contributed by atoms with van der Waals surface area (Å²) in [4.78, 5) is 0. The maximum absolute atomic E-state index is 5.83. The Hall–Kier alpha value is -0.800. The van der Waals surface area contributed by atoms with Crippen LogP contribution in [0.5, 0.6) is 0 Å². The van der Waals surface area contributed by atoms with Gasteiger partial charge in [-0.3, -0.25) is 0 Å². The van der Waals surface area contributed by atoms with Crippen LogP contribution in [-0.4, -0.2) is 19.3 Å². The van der Waals surface area contributed by atoms with E-state index in [4.69, 9.17) is 14.9 Å². The van der Waals surface area contributed by atoms with Crippen LogP contribution in [0.3, 0.4) is 0 Å². The van der Waals surface area contributed by atoms with Gasteiger partial charge in [0.25, 0.3) is 0 Å². The van der Waals surface area contributed by atoms with Crippen molar-refractivity contribution in [3.8, 4) is 0 Å². The summed E-state index contributed by atoms with van der Waals surface area (Å²) in [7, 11) is 0. The van der Waals surface area contributed by atoms with Crippen LogP contribution in [0.2, 0.25) is 0 Å². The van der Waals surface area contributed by atoms with Gasteiger partial charge in [-0.1, -0.05) is 0 Å². The van der Waals surface area contributed by atoms with Crippen molar-refractivity contribution in [2.75, 3.05) is 13.2 Å². The quantitative estimate of drug-likeness (QED) is 0.852. The fourth-order valence-corrected chi connectivity index (χ4v) is 4.49. The molecule has 2 aliphatic rings. The van der Waals surface area contributed by atoms with Crippen LogP contribution in [-0.2, 0) is 11.2 Å². The molecule has 0 radical (unpaired) electrons.